The summed E-state index contributed by atoms with van der Waals surface area (Å²) in [4.78, 5) is 25.9. The van der Waals surface area contributed by atoms with Crippen molar-refractivity contribution in [1.82, 2.24) is 14.7 Å². The minimum absolute atomic E-state index is 0.0734. The van der Waals surface area contributed by atoms with Crippen LogP contribution in [0.1, 0.15) is 41.0 Å². The molecule has 1 aromatic heterocycles. The van der Waals surface area contributed by atoms with Crippen LogP contribution in [0.3, 0.4) is 0 Å². The summed E-state index contributed by atoms with van der Waals surface area (Å²) >= 11 is 12.1. The third-order valence-corrected chi connectivity index (χ3v) is 6.12. The van der Waals surface area contributed by atoms with Gasteiger partial charge in [0, 0.05) is 25.2 Å². The molecule has 0 bridgehead atoms. The Morgan fingerprint density at radius 1 is 1.26 bits per heavy atom. The quantitative estimate of drug-likeness (QED) is 0.668. The van der Waals surface area contributed by atoms with E-state index in [0.717, 1.165) is 12.8 Å². The van der Waals surface area contributed by atoms with Crippen molar-refractivity contribution in [3.8, 4) is 11.5 Å². The molecule has 3 heterocycles. The summed E-state index contributed by atoms with van der Waals surface area (Å²) in [7, 11) is 0. The Hall–Kier alpha value is -2.91. The third kappa shape index (κ3) is 3.90. The molecular weight excluding hydrogens is 445 g/mol. The van der Waals surface area contributed by atoms with E-state index < -0.39 is 12.0 Å². The van der Waals surface area contributed by atoms with Gasteiger partial charge in [-0.1, -0.05) is 29.8 Å². The summed E-state index contributed by atoms with van der Waals surface area (Å²) in [6.07, 6.45) is 2.05. The highest BCUT2D eigenvalue weighted by Crippen LogP contribution is 2.42. The molecule has 2 aliphatic heterocycles. The number of halogens is 2. The number of rotatable bonds is 4. The molecule has 1 saturated heterocycles. The van der Waals surface area contributed by atoms with Crippen molar-refractivity contribution in [2.24, 2.45) is 5.73 Å². The lowest BCUT2D eigenvalue weighted by Crippen LogP contribution is -2.40. The smallest absolute Gasteiger partial charge is 0.254 e. The number of likely N-dealkylation sites (tertiary alicyclic amines) is 1. The van der Waals surface area contributed by atoms with Crippen LogP contribution >= 0.6 is 23.2 Å². The van der Waals surface area contributed by atoms with E-state index in [2.05, 4.69) is 11.7 Å². The van der Waals surface area contributed by atoms with Crippen LogP contribution in [0.4, 0.5) is 5.82 Å². The maximum Gasteiger partial charge on any atom is 0.254 e. The highest BCUT2D eigenvalue weighted by atomic mass is 35.5. The molecule has 11 heteroatoms. The number of aromatic nitrogens is 2. The van der Waals surface area contributed by atoms with Gasteiger partial charge in [-0.2, -0.15) is 5.10 Å². The Bertz CT molecular complexity index is 1070. The van der Waals surface area contributed by atoms with E-state index >= 15 is 0 Å². The molecule has 31 heavy (non-hydrogen) atoms. The summed E-state index contributed by atoms with van der Waals surface area (Å²) in [6.45, 7) is 4.63. The number of primary amides is 1. The Balaban J connectivity index is 1.67. The number of ether oxygens (including phenoxy) is 2. The highest BCUT2D eigenvalue weighted by molar-refractivity contribution is 6.42. The number of hydrogen-bond acceptors (Lipinski definition) is 6. The molecule has 4 N–H and O–H groups in total. The van der Waals surface area contributed by atoms with Gasteiger partial charge in [-0.25, -0.2) is 4.68 Å². The van der Waals surface area contributed by atoms with E-state index in [4.69, 9.17) is 44.1 Å². The van der Waals surface area contributed by atoms with Crippen molar-refractivity contribution in [2.45, 2.75) is 25.0 Å². The number of nitrogens with zero attached hydrogens (tertiary/aromatic N) is 3. The predicted molar refractivity (Wildman–Crippen MR) is 116 cm³/mol. The summed E-state index contributed by atoms with van der Waals surface area (Å²) in [5.41, 5.74) is 12.2. The summed E-state index contributed by atoms with van der Waals surface area (Å²) in [5, 5.41) is 5.22. The zero-order valence-corrected chi connectivity index (χ0v) is 18.0. The average Bonchev–Trinajstić information content (AvgIpc) is 3.11. The van der Waals surface area contributed by atoms with E-state index in [-0.39, 0.29) is 35.6 Å². The molecule has 2 amide bonds. The van der Waals surface area contributed by atoms with Gasteiger partial charge in [0.1, 0.15) is 23.7 Å². The van der Waals surface area contributed by atoms with Crippen molar-refractivity contribution < 1.29 is 19.1 Å². The lowest BCUT2D eigenvalue weighted by molar-refractivity contribution is -0.127. The molecule has 4 rings (SSSR count). The van der Waals surface area contributed by atoms with Gasteiger partial charge >= 0.3 is 0 Å². The maximum absolute atomic E-state index is 12.2. The molecule has 1 aromatic carbocycles. The minimum Gasteiger partial charge on any atom is -0.485 e. The van der Waals surface area contributed by atoms with Gasteiger partial charge in [0.05, 0.1) is 16.1 Å². The van der Waals surface area contributed by atoms with E-state index in [1.165, 1.54) is 12.1 Å². The first kappa shape index (κ1) is 21.3. The van der Waals surface area contributed by atoms with Crippen LogP contribution in [0.5, 0.6) is 11.5 Å². The monoisotopic (exact) mass is 465 g/mol. The van der Waals surface area contributed by atoms with Crippen LogP contribution in [-0.2, 0) is 4.79 Å². The fourth-order valence-corrected chi connectivity index (χ4v) is 4.22. The number of benzene rings is 1. The normalized spacial score (nSPS) is 20.4. The fourth-order valence-electron chi connectivity index (χ4n) is 3.91. The van der Waals surface area contributed by atoms with Crippen LogP contribution in [0.25, 0.3) is 0 Å². The van der Waals surface area contributed by atoms with Crippen molar-refractivity contribution >= 4 is 40.8 Å². The van der Waals surface area contributed by atoms with Crippen molar-refractivity contribution in [1.29, 1.82) is 0 Å². The highest BCUT2D eigenvalue weighted by Gasteiger charge is 2.35. The Labute approximate surface area is 188 Å². The standard InChI is InChI=1S/C20H21Cl2N5O4/c1-2-16(28)26-5-3-4-10(8-26)27-19(23)17(20(24)29)18(25-27)15-9-30-13-6-11(21)12(22)7-14(13)31-15/h2,6-7,10,15H,1,3-5,8-9,23H2,(H2,24,29)/t10-,15?/m1/s1. The van der Waals surface area contributed by atoms with E-state index in [1.807, 2.05) is 0 Å². The SMILES string of the molecule is C=CC(=O)N1CCC[C@@H](n2nc(C3COc4cc(Cl)c(Cl)cc4O3)c(C(N)=O)c2N)C1. The molecule has 0 saturated carbocycles. The number of nitrogens with two attached hydrogens (primary N) is 2. The molecule has 2 aromatic rings. The third-order valence-electron chi connectivity index (χ3n) is 5.40. The average molecular weight is 466 g/mol. The first-order valence-corrected chi connectivity index (χ1v) is 10.4. The number of piperidine rings is 1. The van der Waals surface area contributed by atoms with Gasteiger partial charge in [0.25, 0.3) is 5.91 Å². The van der Waals surface area contributed by atoms with Crippen molar-refractivity contribution in [3.05, 3.63) is 46.1 Å². The first-order valence-electron chi connectivity index (χ1n) is 9.67. The topological polar surface area (TPSA) is 126 Å². The zero-order valence-electron chi connectivity index (χ0n) is 16.5. The van der Waals surface area contributed by atoms with E-state index in [9.17, 15) is 9.59 Å². The second kappa shape index (κ2) is 8.32. The number of anilines is 1. The van der Waals surface area contributed by atoms with Gasteiger partial charge in [-0.05, 0) is 18.9 Å². The molecule has 0 radical (unpaired) electrons. The van der Waals surface area contributed by atoms with Gasteiger partial charge in [-0.3, -0.25) is 9.59 Å². The van der Waals surface area contributed by atoms with Crippen LogP contribution in [0, 0.1) is 0 Å². The van der Waals surface area contributed by atoms with Crippen LogP contribution in [0.15, 0.2) is 24.8 Å². The van der Waals surface area contributed by atoms with Gasteiger partial charge in [0.15, 0.2) is 17.6 Å². The molecule has 1 unspecified atom stereocenters. The minimum atomic E-state index is -0.731. The summed E-state index contributed by atoms with van der Waals surface area (Å²) in [6, 6.07) is 2.88. The van der Waals surface area contributed by atoms with Gasteiger partial charge < -0.3 is 25.8 Å². The lowest BCUT2D eigenvalue weighted by Gasteiger charge is -2.32. The lowest BCUT2D eigenvalue weighted by atomic mass is 10.1. The predicted octanol–water partition coefficient (Wildman–Crippen LogP) is 2.73. The van der Waals surface area contributed by atoms with Crippen LogP contribution in [0.2, 0.25) is 10.0 Å². The van der Waals surface area contributed by atoms with Gasteiger partial charge in [-0.15, -0.1) is 0 Å². The number of hydrogen-bond donors (Lipinski definition) is 2. The summed E-state index contributed by atoms with van der Waals surface area (Å²) in [5.74, 6) is 0.0437. The van der Waals surface area contributed by atoms with E-state index in [1.54, 1.807) is 15.6 Å². The first-order chi connectivity index (χ1) is 14.8. The summed E-state index contributed by atoms with van der Waals surface area (Å²) < 4.78 is 13.3. The number of nitrogen functional groups attached to an aromatic ring is 1. The zero-order chi connectivity index (χ0) is 22.3. The molecule has 9 nitrogen and oxygen atoms in total. The molecule has 164 valence electrons. The fraction of sp³-hybridized carbons (Fsp3) is 0.350. The number of carbonyl (C=O) groups excluding carboxylic acids is 2. The second-order valence-electron chi connectivity index (χ2n) is 7.37. The molecule has 1 fully saturated rings. The molecule has 0 spiro atoms. The Morgan fingerprint density at radius 2 is 1.97 bits per heavy atom. The Kier molecular flexibility index (Phi) is 5.72. The van der Waals surface area contributed by atoms with Crippen LogP contribution < -0.4 is 20.9 Å². The molecular formula is C20H21Cl2N5O4. The largest absolute Gasteiger partial charge is 0.485 e. The van der Waals surface area contributed by atoms with Gasteiger partial charge in [0.2, 0.25) is 5.91 Å². The van der Waals surface area contributed by atoms with Crippen LogP contribution in [-0.4, -0.2) is 46.2 Å². The molecule has 0 aliphatic carbocycles. The number of fused-ring (bicyclic) bond motifs is 1. The number of amides is 2. The maximum atomic E-state index is 12.2. The molecule has 2 atom stereocenters. The van der Waals surface area contributed by atoms with Crippen molar-refractivity contribution in [2.75, 3.05) is 25.4 Å². The second-order valence-corrected chi connectivity index (χ2v) is 8.18. The number of carbonyl (C=O) groups is 2. The molecule has 2 aliphatic rings. The Morgan fingerprint density at radius 3 is 2.65 bits per heavy atom. The van der Waals surface area contributed by atoms with Crippen molar-refractivity contribution in [3.63, 3.8) is 0 Å². The van der Waals surface area contributed by atoms with E-state index in [0.29, 0.717) is 34.6 Å².